The van der Waals surface area contributed by atoms with E-state index in [2.05, 4.69) is 16.0 Å². The number of methoxy groups -OCH3 is 1. The lowest BCUT2D eigenvalue weighted by Gasteiger charge is -2.34. The first-order valence-electron chi connectivity index (χ1n) is 8.06. The second-order valence-electron chi connectivity index (χ2n) is 5.84. The molecule has 1 aromatic heterocycles. The summed E-state index contributed by atoms with van der Waals surface area (Å²) < 4.78 is 10.8. The molecule has 0 aliphatic carbocycles. The minimum absolute atomic E-state index is 0.249. The molecule has 24 heavy (non-hydrogen) atoms. The summed E-state index contributed by atoms with van der Waals surface area (Å²) in [6.07, 6.45) is 3.75. The predicted molar refractivity (Wildman–Crippen MR) is 94.5 cm³/mol. The van der Waals surface area contributed by atoms with Gasteiger partial charge in [-0.05, 0) is 31.0 Å². The first kappa shape index (κ1) is 17.0. The number of nitrogens with zero attached hydrogens (tertiary/aromatic N) is 3. The van der Waals surface area contributed by atoms with Crippen LogP contribution in [-0.4, -0.2) is 44.5 Å². The first-order valence-corrected chi connectivity index (χ1v) is 8.44. The molecular weight excluding hydrogens is 326 g/mol. The smallest absolute Gasteiger partial charge is 0.103 e. The van der Waals surface area contributed by atoms with Gasteiger partial charge >= 0.3 is 0 Å². The van der Waals surface area contributed by atoms with Gasteiger partial charge in [0.15, 0.2) is 0 Å². The van der Waals surface area contributed by atoms with Crippen LogP contribution < -0.4 is 4.90 Å². The molecular formula is C18H20ClN3O2. The number of nitriles is 1. The summed E-state index contributed by atoms with van der Waals surface area (Å²) in [6, 6.07) is 7.87. The van der Waals surface area contributed by atoms with Crippen molar-refractivity contribution in [3.05, 3.63) is 35.0 Å². The third-order valence-electron chi connectivity index (χ3n) is 4.32. The Bertz CT molecular complexity index is 752. The van der Waals surface area contributed by atoms with E-state index in [1.165, 1.54) is 0 Å². The van der Waals surface area contributed by atoms with Crippen LogP contribution in [0.3, 0.4) is 0 Å². The summed E-state index contributed by atoms with van der Waals surface area (Å²) in [7, 11) is 1.68. The third kappa shape index (κ3) is 3.62. The lowest BCUT2D eigenvalue weighted by molar-refractivity contribution is 0.00612. The quantitative estimate of drug-likeness (QED) is 0.777. The Morgan fingerprint density at radius 1 is 1.33 bits per heavy atom. The normalized spacial score (nSPS) is 15.6. The molecule has 0 unspecified atom stereocenters. The minimum Gasteiger partial charge on any atom is -0.382 e. The molecule has 1 fully saturated rings. The Kier molecular flexibility index (Phi) is 5.52. The molecule has 0 N–H and O–H groups in total. The van der Waals surface area contributed by atoms with Crippen molar-refractivity contribution in [2.75, 3.05) is 38.3 Å². The maximum Gasteiger partial charge on any atom is 0.103 e. The van der Waals surface area contributed by atoms with Gasteiger partial charge in [-0.15, -0.1) is 0 Å². The van der Waals surface area contributed by atoms with Gasteiger partial charge < -0.3 is 14.4 Å². The Morgan fingerprint density at radius 3 is 2.83 bits per heavy atom. The van der Waals surface area contributed by atoms with E-state index in [9.17, 15) is 5.26 Å². The summed E-state index contributed by atoms with van der Waals surface area (Å²) in [5.41, 5.74) is 2.37. The molecule has 0 radical (unpaired) electrons. The summed E-state index contributed by atoms with van der Waals surface area (Å²) in [4.78, 5) is 6.61. The van der Waals surface area contributed by atoms with E-state index in [4.69, 9.17) is 21.1 Å². The number of pyridine rings is 1. The van der Waals surface area contributed by atoms with Crippen molar-refractivity contribution in [3.63, 3.8) is 0 Å². The summed E-state index contributed by atoms with van der Waals surface area (Å²) in [5.74, 6) is 0. The van der Waals surface area contributed by atoms with Gasteiger partial charge in [-0.25, -0.2) is 0 Å². The molecule has 1 aliphatic rings. The number of rotatable bonds is 5. The summed E-state index contributed by atoms with van der Waals surface area (Å²) in [5, 5.41) is 11.1. The fourth-order valence-electron chi connectivity index (χ4n) is 3.12. The molecule has 0 amide bonds. The molecule has 1 aliphatic heterocycles. The van der Waals surface area contributed by atoms with E-state index < -0.39 is 0 Å². The fraction of sp³-hybridized carbons (Fsp3) is 0.444. The van der Waals surface area contributed by atoms with Gasteiger partial charge in [-0.3, -0.25) is 4.98 Å². The van der Waals surface area contributed by atoms with Crippen molar-refractivity contribution in [1.29, 1.82) is 5.26 Å². The Hall–Kier alpha value is -1.87. The molecule has 6 heteroatoms. The van der Waals surface area contributed by atoms with Gasteiger partial charge in [-0.1, -0.05) is 11.6 Å². The van der Waals surface area contributed by atoms with Crippen LogP contribution in [0.1, 0.15) is 18.4 Å². The Morgan fingerprint density at radius 2 is 2.12 bits per heavy atom. The highest BCUT2D eigenvalue weighted by atomic mass is 35.5. The molecule has 3 rings (SSSR count). The molecule has 0 bridgehead atoms. The first-order chi connectivity index (χ1) is 11.7. The molecule has 1 saturated heterocycles. The second-order valence-corrected chi connectivity index (χ2v) is 6.28. The fourth-order valence-corrected chi connectivity index (χ4v) is 3.29. The number of fused-ring (bicyclic) bond motifs is 1. The number of aromatic nitrogens is 1. The van der Waals surface area contributed by atoms with Crippen LogP contribution in [0.25, 0.3) is 10.9 Å². The summed E-state index contributed by atoms with van der Waals surface area (Å²) in [6.45, 7) is 2.93. The predicted octanol–water partition coefficient (Wildman–Crippen LogP) is 3.39. The van der Waals surface area contributed by atoms with Gasteiger partial charge in [0, 0.05) is 36.8 Å². The van der Waals surface area contributed by atoms with Crippen molar-refractivity contribution in [2.45, 2.75) is 18.9 Å². The molecule has 2 heterocycles. The van der Waals surface area contributed by atoms with Crippen molar-refractivity contribution in [2.24, 2.45) is 0 Å². The standard InChI is InChI=1S/C18H20ClN3O2/c1-23-8-9-24-15-4-6-22(7-5-15)18-13(11-20)12-21-17-3-2-14(19)10-16(17)18/h2-3,10,12,15H,4-9H2,1H3. The van der Waals surface area contributed by atoms with Crippen LogP contribution >= 0.6 is 11.6 Å². The number of ether oxygens (including phenoxy) is 2. The zero-order chi connectivity index (χ0) is 16.9. The number of hydrogen-bond donors (Lipinski definition) is 0. The number of benzene rings is 1. The van der Waals surface area contributed by atoms with Crippen LogP contribution in [0.15, 0.2) is 24.4 Å². The molecule has 0 saturated carbocycles. The summed E-state index contributed by atoms with van der Waals surface area (Å²) >= 11 is 6.16. The van der Waals surface area contributed by atoms with Crippen molar-refractivity contribution in [1.82, 2.24) is 4.98 Å². The molecule has 0 atom stereocenters. The van der Waals surface area contributed by atoms with Gasteiger partial charge in [0.05, 0.1) is 36.1 Å². The van der Waals surface area contributed by atoms with Crippen LogP contribution in [0, 0.1) is 11.3 Å². The maximum atomic E-state index is 9.48. The average molecular weight is 346 g/mol. The minimum atomic E-state index is 0.249. The van der Waals surface area contributed by atoms with Gasteiger partial charge in [-0.2, -0.15) is 5.26 Å². The highest BCUT2D eigenvalue weighted by molar-refractivity contribution is 6.31. The molecule has 0 spiro atoms. The van der Waals surface area contributed by atoms with Gasteiger partial charge in [0.2, 0.25) is 0 Å². The largest absolute Gasteiger partial charge is 0.382 e. The Balaban J connectivity index is 1.82. The number of anilines is 1. The zero-order valence-electron chi connectivity index (χ0n) is 13.7. The molecule has 1 aromatic carbocycles. The van der Waals surface area contributed by atoms with E-state index in [1.54, 1.807) is 13.3 Å². The van der Waals surface area contributed by atoms with E-state index >= 15 is 0 Å². The van der Waals surface area contributed by atoms with Crippen LogP contribution in [0.5, 0.6) is 0 Å². The van der Waals surface area contributed by atoms with Crippen LogP contribution in [-0.2, 0) is 9.47 Å². The third-order valence-corrected chi connectivity index (χ3v) is 4.56. The second kappa shape index (κ2) is 7.80. The van der Waals surface area contributed by atoms with E-state index in [0.717, 1.165) is 42.5 Å². The lowest BCUT2D eigenvalue weighted by atomic mass is 10.0. The topological polar surface area (TPSA) is 58.4 Å². The maximum absolute atomic E-state index is 9.48. The molecule has 2 aromatic rings. The van der Waals surface area contributed by atoms with Crippen LogP contribution in [0.2, 0.25) is 5.02 Å². The average Bonchev–Trinajstić information content (AvgIpc) is 2.61. The number of halogens is 1. The van der Waals surface area contributed by atoms with Gasteiger partial charge in [0.1, 0.15) is 6.07 Å². The SMILES string of the molecule is COCCOC1CCN(c2c(C#N)cnc3ccc(Cl)cc23)CC1. The van der Waals surface area contributed by atoms with Crippen molar-refractivity contribution < 1.29 is 9.47 Å². The highest BCUT2D eigenvalue weighted by Gasteiger charge is 2.23. The Labute approximate surface area is 146 Å². The van der Waals surface area contributed by atoms with E-state index in [0.29, 0.717) is 23.8 Å². The van der Waals surface area contributed by atoms with Gasteiger partial charge in [0.25, 0.3) is 0 Å². The van der Waals surface area contributed by atoms with Crippen molar-refractivity contribution in [3.8, 4) is 6.07 Å². The van der Waals surface area contributed by atoms with Crippen LogP contribution in [0.4, 0.5) is 5.69 Å². The van der Waals surface area contributed by atoms with E-state index in [1.807, 2.05) is 18.2 Å². The molecule has 5 nitrogen and oxygen atoms in total. The zero-order valence-corrected chi connectivity index (χ0v) is 14.4. The van der Waals surface area contributed by atoms with E-state index in [-0.39, 0.29) is 6.10 Å². The van der Waals surface area contributed by atoms with Crippen molar-refractivity contribution >= 4 is 28.2 Å². The molecule has 126 valence electrons. The highest BCUT2D eigenvalue weighted by Crippen LogP contribution is 2.33. The lowest BCUT2D eigenvalue weighted by Crippen LogP contribution is -2.38. The number of hydrogen-bond acceptors (Lipinski definition) is 5. The monoisotopic (exact) mass is 345 g/mol. The number of piperidine rings is 1.